The van der Waals surface area contributed by atoms with Gasteiger partial charge in [-0.15, -0.1) is 0 Å². The zero-order valence-electron chi connectivity index (χ0n) is 13.4. The number of rotatable bonds is 9. The minimum atomic E-state index is 0.255. The molecule has 0 aliphatic rings. The van der Waals surface area contributed by atoms with Crippen LogP contribution in [-0.4, -0.2) is 29.8 Å². The first kappa shape index (κ1) is 16.9. The fourth-order valence-electron chi connectivity index (χ4n) is 2.71. The summed E-state index contributed by atoms with van der Waals surface area (Å²) in [6.07, 6.45) is 2.93. The Labute approximate surface area is 124 Å². The van der Waals surface area contributed by atoms with E-state index in [9.17, 15) is 4.79 Å². The number of hydrogen-bond acceptors (Lipinski definition) is 2. The van der Waals surface area contributed by atoms with Crippen LogP contribution in [-0.2, 0) is 0 Å². The number of carbonyl (C=O) groups is 1. The molecule has 0 spiro atoms. The van der Waals surface area contributed by atoms with E-state index in [0.29, 0.717) is 18.4 Å². The first-order valence-electron chi connectivity index (χ1n) is 7.90. The summed E-state index contributed by atoms with van der Waals surface area (Å²) in [4.78, 5) is 14.7. The van der Waals surface area contributed by atoms with Crippen LogP contribution >= 0.6 is 0 Å². The van der Waals surface area contributed by atoms with Crippen LogP contribution in [0.3, 0.4) is 0 Å². The van der Waals surface area contributed by atoms with E-state index in [0.717, 1.165) is 31.5 Å². The van der Waals surface area contributed by atoms with Crippen LogP contribution < -0.4 is 0 Å². The highest BCUT2D eigenvalue weighted by atomic mass is 16.1. The lowest BCUT2D eigenvalue weighted by Crippen LogP contribution is -2.38. The van der Waals surface area contributed by atoms with Crippen LogP contribution in [0.2, 0.25) is 0 Å². The van der Waals surface area contributed by atoms with Crippen LogP contribution in [0.25, 0.3) is 0 Å². The summed E-state index contributed by atoms with van der Waals surface area (Å²) in [6, 6.07) is 10.2. The van der Waals surface area contributed by atoms with Crippen molar-refractivity contribution in [1.29, 1.82) is 0 Å². The number of ketones is 1. The summed E-state index contributed by atoms with van der Waals surface area (Å²) in [7, 11) is 0. The Kier molecular flexibility index (Phi) is 7.53. The molecule has 1 aromatic carbocycles. The third kappa shape index (κ3) is 5.46. The van der Waals surface area contributed by atoms with Gasteiger partial charge in [0, 0.05) is 31.1 Å². The monoisotopic (exact) mass is 275 g/mol. The molecule has 0 saturated heterocycles. The molecule has 0 heterocycles. The maximum Gasteiger partial charge on any atom is 0.164 e. The van der Waals surface area contributed by atoms with Gasteiger partial charge in [-0.1, -0.05) is 58.0 Å². The molecule has 0 fully saturated rings. The predicted octanol–water partition coefficient (Wildman–Crippen LogP) is 4.41. The van der Waals surface area contributed by atoms with E-state index in [1.807, 2.05) is 30.3 Å². The van der Waals surface area contributed by atoms with Crippen LogP contribution in [0.5, 0.6) is 0 Å². The number of Topliss-reactive ketones (excluding diaryl/α,β-unsaturated/α-hetero) is 1. The molecule has 112 valence electrons. The van der Waals surface area contributed by atoms with Gasteiger partial charge in [0.2, 0.25) is 0 Å². The molecule has 0 unspecified atom stereocenters. The summed E-state index contributed by atoms with van der Waals surface area (Å²) >= 11 is 0. The summed E-state index contributed by atoms with van der Waals surface area (Å²) < 4.78 is 0. The predicted molar refractivity (Wildman–Crippen MR) is 86.2 cm³/mol. The second-order valence-corrected chi connectivity index (χ2v) is 5.90. The van der Waals surface area contributed by atoms with Crippen molar-refractivity contribution in [2.45, 2.75) is 53.0 Å². The van der Waals surface area contributed by atoms with Gasteiger partial charge in [0.15, 0.2) is 5.78 Å². The maximum atomic E-state index is 12.2. The molecule has 1 aromatic rings. The molecule has 0 N–H and O–H groups in total. The van der Waals surface area contributed by atoms with Gasteiger partial charge < -0.3 is 0 Å². The number of nitrogens with zero attached hydrogens (tertiary/aromatic N) is 1. The Morgan fingerprint density at radius 3 is 2.20 bits per heavy atom. The number of carbonyl (C=O) groups excluding carboxylic acids is 1. The fourth-order valence-corrected chi connectivity index (χ4v) is 2.71. The molecule has 20 heavy (non-hydrogen) atoms. The second-order valence-electron chi connectivity index (χ2n) is 5.90. The van der Waals surface area contributed by atoms with Crippen molar-refractivity contribution < 1.29 is 4.79 Å². The summed E-state index contributed by atoms with van der Waals surface area (Å²) in [5.41, 5.74) is 0.835. The summed E-state index contributed by atoms with van der Waals surface area (Å²) in [6.45, 7) is 10.9. The van der Waals surface area contributed by atoms with Crippen LogP contribution in [0.15, 0.2) is 30.3 Å². The molecule has 0 atom stereocenters. The van der Waals surface area contributed by atoms with E-state index in [2.05, 4.69) is 32.6 Å². The van der Waals surface area contributed by atoms with Crippen LogP contribution in [0.1, 0.15) is 57.3 Å². The third-order valence-corrected chi connectivity index (χ3v) is 3.78. The Morgan fingerprint density at radius 2 is 1.70 bits per heavy atom. The minimum Gasteiger partial charge on any atom is -0.300 e. The molecule has 0 aliphatic heterocycles. The molecule has 2 nitrogen and oxygen atoms in total. The highest BCUT2D eigenvalue weighted by molar-refractivity contribution is 5.96. The summed E-state index contributed by atoms with van der Waals surface area (Å²) in [5, 5.41) is 0. The van der Waals surface area contributed by atoms with Crippen molar-refractivity contribution in [1.82, 2.24) is 4.90 Å². The summed E-state index contributed by atoms with van der Waals surface area (Å²) in [5.74, 6) is 0.896. The van der Waals surface area contributed by atoms with Crippen LogP contribution in [0.4, 0.5) is 0 Å². The van der Waals surface area contributed by atoms with Crippen molar-refractivity contribution >= 4 is 5.78 Å². The topological polar surface area (TPSA) is 20.3 Å². The SMILES string of the molecule is CCC(CC)N(CCC(=O)c1ccccc1)CC(C)C. The van der Waals surface area contributed by atoms with Crippen molar-refractivity contribution in [2.24, 2.45) is 5.92 Å². The molecule has 0 aliphatic carbocycles. The van der Waals surface area contributed by atoms with Crippen molar-refractivity contribution in [3.8, 4) is 0 Å². The maximum absolute atomic E-state index is 12.2. The molecule has 1 rings (SSSR count). The minimum absolute atomic E-state index is 0.255. The average molecular weight is 275 g/mol. The quantitative estimate of drug-likeness (QED) is 0.622. The lowest BCUT2D eigenvalue weighted by molar-refractivity contribution is 0.0937. The van der Waals surface area contributed by atoms with E-state index in [1.165, 1.54) is 0 Å². The lowest BCUT2D eigenvalue weighted by Gasteiger charge is -2.31. The molecule has 0 bridgehead atoms. The zero-order chi connectivity index (χ0) is 15.0. The lowest BCUT2D eigenvalue weighted by atomic mass is 10.0. The van der Waals surface area contributed by atoms with Gasteiger partial charge >= 0.3 is 0 Å². The highest BCUT2D eigenvalue weighted by Gasteiger charge is 2.17. The highest BCUT2D eigenvalue weighted by Crippen LogP contribution is 2.13. The normalized spacial score (nSPS) is 11.6. The third-order valence-electron chi connectivity index (χ3n) is 3.78. The van der Waals surface area contributed by atoms with E-state index in [4.69, 9.17) is 0 Å². The largest absolute Gasteiger partial charge is 0.300 e. The van der Waals surface area contributed by atoms with Gasteiger partial charge in [-0.25, -0.2) is 0 Å². The first-order chi connectivity index (χ1) is 9.58. The zero-order valence-corrected chi connectivity index (χ0v) is 13.4. The van der Waals surface area contributed by atoms with Gasteiger partial charge in [-0.05, 0) is 18.8 Å². The van der Waals surface area contributed by atoms with E-state index in [-0.39, 0.29) is 5.78 Å². The van der Waals surface area contributed by atoms with E-state index >= 15 is 0 Å². The second kappa shape index (κ2) is 8.91. The Hall–Kier alpha value is -1.15. The van der Waals surface area contributed by atoms with Crippen molar-refractivity contribution in [3.63, 3.8) is 0 Å². The average Bonchev–Trinajstić information content (AvgIpc) is 2.45. The molecule has 0 aromatic heterocycles. The van der Waals surface area contributed by atoms with Gasteiger partial charge in [0.1, 0.15) is 0 Å². The van der Waals surface area contributed by atoms with Gasteiger partial charge in [0.25, 0.3) is 0 Å². The Bertz CT molecular complexity index is 382. The van der Waals surface area contributed by atoms with Crippen molar-refractivity contribution in [2.75, 3.05) is 13.1 Å². The molecular weight excluding hydrogens is 246 g/mol. The van der Waals surface area contributed by atoms with E-state index < -0.39 is 0 Å². The molecule has 0 radical (unpaired) electrons. The number of hydrogen-bond donors (Lipinski definition) is 0. The molecular formula is C18H29NO. The van der Waals surface area contributed by atoms with Gasteiger partial charge in [0.05, 0.1) is 0 Å². The molecule has 0 amide bonds. The standard InChI is InChI=1S/C18H29NO/c1-5-17(6-2)19(14-15(3)4)13-12-18(20)16-10-8-7-9-11-16/h7-11,15,17H,5-6,12-14H2,1-4H3. The van der Waals surface area contributed by atoms with Crippen LogP contribution in [0, 0.1) is 5.92 Å². The molecule has 0 saturated carbocycles. The molecule has 2 heteroatoms. The number of benzene rings is 1. The fraction of sp³-hybridized carbons (Fsp3) is 0.611. The van der Waals surface area contributed by atoms with Crippen molar-refractivity contribution in [3.05, 3.63) is 35.9 Å². The van der Waals surface area contributed by atoms with Gasteiger partial charge in [-0.2, -0.15) is 0 Å². The Balaban J connectivity index is 2.59. The first-order valence-corrected chi connectivity index (χ1v) is 7.90. The smallest absolute Gasteiger partial charge is 0.164 e. The van der Waals surface area contributed by atoms with E-state index in [1.54, 1.807) is 0 Å². The van der Waals surface area contributed by atoms with Gasteiger partial charge in [-0.3, -0.25) is 9.69 Å². The Morgan fingerprint density at radius 1 is 1.10 bits per heavy atom.